The number of anilines is 1. The van der Waals surface area contributed by atoms with Crippen LogP contribution in [0.2, 0.25) is 0 Å². The maximum absolute atomic E-state index is 10.4. The zero-order valence-electron chi connectivity index (χ0n) is 7.35. The molecular formula is C7H10N4O2. The number of carbonyl (C=O) groups is 1. The van der Waals surface area contributed by atoms with Gasteiger partial charge in [-0.05, 0) is 12.1 Å². The molecule has 0 aliphatic rings. The maximum atomic E-state index is 10.4. The lowest BCUT2D eigenvalue weighted by atomic mass is 10.4. The van der Waals surface area contributed by atoms with Crippen molar-refractivity contribution in [3.63, 3.8) is 0 Å². The fourth-order valence-electron chi connectivity index (χ4n) is 0.735. The first-order chi connectivity index (χ1) is 6.09. The third-order valence-electron chi connectivity index (χ3n) is 1.22. The molecule has 0 atom stereocenters. The molecule has 6 heteroatoms. The zero-order chi connectivity index (χ0) is 9.84. The second kappa shape index (κ2) is 3.81. The second-order valence-electron chi connectivity index (χ2n) is 2.62. The molecule has 0 amide bonds. The van der Waals surface area contributed by atoms with Gasteiger partial charge in [-0.3, -0.25) is 0 Å². The minimum atomic E-state index is -1.08. The molecule has 0 bridgehead atoms. The highest BCUT2D eigenvalue weighted by atomic mass is 16.4. The first-order valence-electron chi connectivity index (χ1n) is 3.60. The van der Waals surface area contributed by atoms with Gasteiger partial charge in [-0.1, -0.05) is 0 Å². The lowest BCUT2D eigenvalue weighted by Gasteiger charge is -2.11. The third-order valence-corrected chi connectivity index (χ3v) is 1.22. The lowest BCUT2D eigenvalue weighted by Crippen LogP contribution is -2.20. The van der Waals surface area contributed by atoms with Crippen molar-refractivity contribution < 1.29 is 9.90 Å². The molecule has 0 fully saturated rings. The van der Waals surface area contributed by atoms with Crippen LogP contribution in [-0.2, 0) is 0 Å². The highest BCUT2D eigenvalue weighted by Crippen LogP contribution is 2.01. The number of hydrogen-bond acceptors (Lipinski definition) is 5. The van der Waals surface area contributed by atoms with Gasteiger partial charge in [0, 0.05) is 14.1 Å². The Labute approximate surface area is 75.2 Å². The summed E-state index contributed by atoms with van der Waals surface area (Å²) in [5.41, 5.74) is 2.77. The van der Waals surface area contributed by atoms with Crippen LogP contribution in [-0.4, -0.2) is 40.4 Å². The molecule has 0 aliphatic heterocycles. The van der Waals surface area contributed by atoms with Gasteiger partial charge in [0.15, 0.2) is 11.5 Å². The SMILES string of the molecule is CN(C)Nc1ccc(C(=O)O)nn1. The lowest BCUT2D eigenvalue weighted by molar-refractivity contribution is 0.0689. The predicted octanol–water partition coefficient (Wildman–Crippen LogP) is 0.0633. The Bertz CT molecular complexity index is 296. The summed E-state index contributed by atoms with van der Waals surface area (Å²) in [6.07, 6.45) is 0. The highest BCUT2D eigenvalue weighted by Gasteiger charge is 2.04. The van der Waals surface area contributed by atoms with E-state index < -0.39 is 5.97 Å². The molecule has 13 heavy (non-hydrogen) atoms. The first-order valence-corrected chi connectivity index (χ1v) is 3.60. The molecule has 1 heterocycles. The summed E-state index contributed by atoms with van der Waals surface area (Å²) in [4.78, 5) is 10.4. The van der Waals surface area contributed by atoms with Crippen LogP contribution in [0, 0.1) is 0 Å². The molecular weight excluding hydrogens is 172 g/mol. The van der Waals surface area contributed by atoms with Crippen LogP contribution in [0.5, 0.6) is 0 Å². The molecule has 0 aliphatic carbocycles. The van der Waals surface area contributed by atoms with E-state index in [0.717, 1.165) is 0 Å². The number of aromatic carboxylic acids is 1. The van der Waals surface area contributed by atoms with Gasteiger partial charge in [-0.2, -0.15) is 0 Å². The molecule has 0 spiro atoms. The van der Waals surface area contributed by atoms with Gasteiger partial charge in [0.25, 0.3) is 0 Å². The van der Waals surface area contributed by atoms with Gasteiger partial charge >= 0.3 is 5.97 Å². The van der Waals surface area contributed by atoms with E-state index in [4.69, 9.17) is 5.11 Å². The van der Waals surface area contributed by atoms with Crippen LogP contribution in [0.3, 0.4) is 0 Å². The number of nitrogens with one attached hydrogen (secondary N) is 1. The highest BCUT2D eigenvalue weighted by molar-refractivity contribution is 5.85. The monoisotopic (exact) mass is 182 g/mol. The average molecular weight is 182 g/mol. The van der Waals surface area contributed by atoms with Gasteiger partial charge in [-0.25, -0.2) is 9.80 Å². The number of carboxylic acids is 1. The van der Waals surface area contributed by atoms with E-state index in [9.17, 15) is 4.79 Å². The van der Waals surface area contributed by atoms with E-state index in [1.54, 1.807) is 25.2 Å². The standard InChI is InChI=1S/C7H10N4O2/c1-11(2)10-6-4-3-5(7(12)13)8-9-6/h3-4H,1-2H3,(H,9,10)(H,12,13). The molecule has 0 aromatic carbocycles. The Morgan fingerprint density at radius 1 is 1.46 bits per heavy atom. The van der Waals surface area contributed by atoms with Crippen molar-refractivity contribution in [1.29, 1.82) is 0 Å². The van der Waals surface area contributed by atoms with E-state index >= 15 is 0 Å². The van der Waals surface area contributed by atoms with Crippen molar-refractivity contribution in [3.8, 4) is 0 Å². The van der Waals surface area contributed by atoms with Gasteiger partial charge in [0.05, 0.1) is 0 Å². The summed E-state index contributed by atoms with van der Waals surface area (Å²) in [5, 5.41) is 17.4. The number of carboxylic acid groups (broad SMARTS) is 1. The van der Waals surface area contributed by atoms with Gasteiger partial charge < -0.3 is 10.5 Å². The Morgan fingerprint density at radius 3 is 2.54 bits per heavy atom. The number of nitrogens with zero attached hydrogens (tertiary/aromatic N) is 3. The maximum Gasteiger partial charge on any atom is 0.356 e. The summed E-state index contributed by atoms with van der Waals surface area (Å²) in [5.74, 6) is -0.570. The number of hydrogen-bond donors (Lipinski definition) is 2. The fraction of sp³-hybridized carbons (Fsp3) is 0.286. The summed E-state index contributed by atoms with van der Waals surface area (Å²) in [6.45, 7) is 0. The van der Waals surface area contributed by atoms with Gasteiger partial charge in [-0.15, -0.1) is 10.2 Å². The second-order valence-corrected chi connectivity index (χ2v) is 2.62. The van der Waals surface area contributed by atoms with E-state index in [1.807, 2.05) is 0 Å². The molecule has 1 aromatic rings. The van der Waals surface area contributed by atoms with Crippen molar-refractivity contribution >= 4 is 11.8 Å². The fourth-order valence-corrected chi connectivity index (χ4v) is 0.735. The molecule has 1 rings (SSSR count). The van der Waals surface area contributed by atoms with Crippen LogP contribution < -0.4 is 5.43 Å². The Morgan fingerprint density at radius 2 is 2.15 bits per heavy atom. The van der Waals surface area contributed by atoms with Crippen LogP contribution in [0.4, 0.5) is 5.82 Å². The largest absolute Gasteiger partial charge is 0.476 e. The quantitative estimate of drug-likeness (QED) is 0.644. The predicted molar refractivity (Wildman–Crippen MR) is 46.3 cm³/mol. The van der Waals surface area contributed by atoms with E-state index in [1.165, 1.54) is 6.07 Å². The van der Waals surface area contributed by atoms with Crippen LogP contribution >= 0.6 is 0 Å². The van der Waals surface area contributed by atoms with Crippen molar-refractivity contribution in [2.24, 2.45) is 0 Å². The Kier molecular flexibility index (Phi) is 2.76. The van der Waals surface area contributed by atoms with Gasteiger partial charge in [0.1, 0.15) is 0 Å². The molecule has 0 saturated carbocycles. The minimum absolute atomic E-state index is 0.0655. The molecule has 6 nitrogen and oxygen atoms in total. The summed E-state index contributed by atoms with van der Waals surface area (Å²) in [6, 6.07) is 2.94. The number of aromatic nitrogens is 2. The normalized spacial score (nSPS) is 10.1. The molecule has 70 valence electrons. The molecule has 0 saturated heterocycles. The topological polar surface area (TPSA) is 78.4 Å². The third kappa shape index (κ3) is 2.68. The molecule has 0 radical (unpaired) electrons. The summed E-state index contributed by atoms with van der Waals surface area (Å²) >= 11 is 0. The molecule has 0 unspecified atom stereocenters. The molecule has 1 aromatic heterocycles. The summed E-state index contributed by atoms with van der Waals surface area (Å²) < 4.78 is 0. The van der Waals surface area contributed by atoms with Crippen molar-refractivity contribution in [2.45, 2.75) is 0 Å². The zero-order valence-corrected chi connectivity index (χ0v) is 7.35. The average Bonchev–Trinajstić information content (AvgIpc) is 2.04. The van der Waals surface area contributed by atoms with E-state index in [0.29, 0.717) is 5.82 Å². The molecule has 2 N–H and O–H groups in total. The Hall–Kier alpha value is -1.69. The smallest absolute Gasteiger partial charge is 0.356 e. The minimum Gasteiger partial charge on any atom is -0.476 e. The van der Waals surface area contributed by atoms with Crippen molar-refractivity contribution in [2.75, 3.05) is 19.5 Å². The van der Waals surface area contributed by atoms with Crippen LogP contribution in [0.15, 0.2) is 12.1 Å². The van der Waals surface area contributed by atoms with Gasteiger partial charge in [0.2, 0.25) is 0 Å². The van der Waals surface area contributed by atoms with E-state index in [-0.39, 0.29) is 5.69 Å². The van der Waals surface area contributed by atoms with Crippen molar-refractivity contribution in [3.05, 3.63) is 17.8 Å². The first kappa shape index (κ1) is 9.40. The summed E-state index contributed by atoms with van der Waals surface area (Å²) in [7, 11) is 3.60. The number of rotatable bonds is 3. The van der Waals surface area contributed by atoms with Crippen LogP contribution in [0.25, 0.3) is 0 Å². The van der Waals surface area contributed by atoms with E-state index in [2.05, 4.69) is 15.6 Å². The van der Waals surface area contributed by atoms with Crippen molar-refractivity contribution in [1.82, 2.24) is 15.2 Å². The number of hydrazine groups is 1. The van der Waals surface area contributed by atoms with Crippen LogP contribution in [0.1, 0.15) is 10.5 Å². The Balaban J connectivity index is 2.75.